The molecule has 3 aliphatic rings. The molecule has 1 saturated carbocycles. The van der Waals surface area contributed by atoms with Gasteiger partial charge in [0.1, 0.15) is 17.9 Å². The van der Waals surface area contributed by atoms with Gasteiger partial charge in [-0.2, -0.15) is 4.98 Å². The third kappa shape index (κ3) is 3.55. The molecule has 3 heterocycles. The lowest BCUT2D eigenvalue weighted by molar-refractivity contribution is -0.124. The van der Waals surface area contributed by atoms with Gasteiger partial charge in [0.15, 0.2) is 11.4 Å². The molecule has 0 amide bonds. The molecule has 144 valence electrons. The van der Waals surface area contributed by atoms with Crippen LogP contribution in [0.25, 0.3) is 11.1 Å². The Morgan fingerprint density at radius 1 is 1.22 bits per heavy atom. The van der Waals surface area contributed by atoms with E-state index in [4.69, 9.17) is 18.9 Å². The molecular formula is C21H26N2O4. The molecule has 0 radical (unpaired) electrons. The first-order chi connectivity index (χ1) is 13.2. The average Bonchev–Trinajstić information content (AvgIpc) is 3.33. The third-order valence-electron chi connectivity index (χ3n) is 5.96. The monoisotopic (exact) mass is 370 g/mol. The summed E-state index contributed by atoms with van der Waals surface area (Å²) < 4.78 is 17.8. The highest BCUT2D eigenvalue weighted by atomic mass is 16.5. The van der Waals surface area contributed by atoms with Crippen molar-refractivity contribution in [2.45, 2.75) is 63.6 Å². The standard InChI is InChI=1S/C21H26N2O4/c1-13(24)11-25-18-8-15-4-5-16(9-18)23(15)21-22-19-7-6-17(10-20(19)27-21)26-12-14-2-3-14/h6-7,10,14-16,18H,2-5,8-9,11-12H2,1H3. The highest BCUT2D eigenvalue weighted by Gasteiger charge is 2.43. The molecule has 6 nitrogen and oxygen atoms in total. The summed E-state index contributed by atoms with van der Waals surface area (Å²) in [6, 6.07) is 7.38. The van der Waals surface area contributed by atoms with Gasteiger partial charge in [-0.15, -0.1) is 0 Å². The number of benzene rings is 1. The molecule has 6 heteroatoms. The predicted molar refractivity (Wildman–Crippen MR) is 101 cm³/mol. The maximum Gasteiger partial charge on any atom is 0.298 e. The Hall–Kier alpha value is -2.08. The quantitative estimate of drug-likeness (QED) is 0.740. The molecule has 2 atom stereocenters. The fraction of sp³-hybridized carbons (Fsp3) is 0.619. The van der Waals surface area contributed by atoms with Gasteiger partial charge in [0.25, 0.3) is 6.01 Å². The highest BCUT2D eigenvalue weighted by molar-refractivity contribution is 5.77. The lowest BCUT2D eigenvalue weighted by Gasteiger charge is -2.37. The van der Waals surface area contributed by atoms with Crippen molar-refractivity contribution in [2.75, 3.05) is 18.1 Å². The molecule has 2 unspecified atom stereocenters. The number of ether oxygens (including phenoxy) is 2. The van der Waals surface area contributed by atoms with Crippen LogP contribution in [0, 0.1) is 5.92 Å². The van der Waals surface area contributed by atoms with Crippen molar-refractivity contribution in [1.82, 2.24) is 4.98 Å². The molecule has 2 bridgehead atoms. The van der Waals surface area contributed by atoms with Crippen molar-refractivity contribution in [2.24, 2.45) is 5.92 Å². The Kier molecular flexibility index (Phi) is 4.31. The van der Waals surface area contributed by atoms with Crippen molar-refractivity contribution < 1.29 is 18.7 Å². The number of Topliss-reactive ketones (excluding diaryl/α,β-unsaturated/α-hetero) is 1. The normalized spacial score (nSPS) is 27.3. The molecular weight excluding hydrogens is 344 g/mol. The fourth-order valence-corrected chi connectivity index (χ4v) is 4.40. The molecule has 1 aromatic carbocycles. The van der Waals surface area contributed by atoms with Crippen LogP contribution in [-0.4, -0.2) is 42.2 Å². The van der Waals surface area contributed by atoms with E-state index in [1.807, 2.05) is 18.2 Å². The summed E-state index contributed by atoms with van der Waals surface area (Å²) in [6.07, 6.45) is 6.83. The molecule has 1 aliphatic carbocycles. The maximum atomic E-state index is 11.2. The first kappa shape index (κ1) is 17.0. The van der Waals surface area contributed by atoms with E-state index in [9.17, 15) is 4.79 Å². The molecule has 2 aliphatic heterocycles. The van der Waals surface area contributed by atoms with Crippen molar-refractivity contribution >= 4 is 22.9 Å². The van der Waals surface area contributed by atoms with Gasteiger partial charge in [-0.1, -0.05) is 0 Å². The zero-order chi connectivity index (χ0) is 18.4. The number of aromatic nitrogens is 1. The predicted octanol–water partition coefficient (Wildman–Crippen LogP) is 3.72. The van der Waals surface area contributed by atoms with Gasteiger partial charge in [0.05, 0.1) is 12.7 Å². The largest absolute Gasteiger partial charge is 0.493 e. The van der Waals surface area contributed by atoms with Crippen molar-refractivity contribution in [3.63, 3.8) is 0 Å². The molecule has 3 fully saturated rings. The van der Waals surface area contributed by atoms with Gasteiger partial charge in [-0.25, -0.2) is 0 Å². The Balaban J connectivity index is 1.31. The first-order valence-corrected chi connectivity index (χ1v) is 10.1. The molecule has 5 rings (SSSR count). The summed E-state index contributed by atoms with van der Waals surface area (Å²) in [4.78, 5) is 18.3. The van der Waals surface area contributed by atoms with Gasteiger partial charge in [0.2, 0.25) is 0 Å². The van der Waals surface area contributed by atoms with Crippen LogP contribution in [0.2, 0.25) is 0 Å². The summed E-state index contributed by atoms with van der Waals surface area (Å²) in [5.74, 6) is 1.67. The number of rotatable bonds is 7. The zero-order valence-corrected chi connectivity index (χ0v) is 15.7. The minimum absolute atomic E-state index is 0.0865. The molecule has 0 spiro atoms. The number of hydrogen-bond donors (Lipinski definition) is 0. The number of fused-ring (bicyclic) bond motifs is 3. The zero-order valence-electron chi connectivity index (χ0n) is 15.7. The van der Waals surface area contributed by atoms with Gasteiger partial charge in [-0.05, 0) is 63.5 Å². The number of oxazole rings is 1. The lowest BCUT2D eigenvalue weighted by Crippen LogP contribution is -2.46. The summed E-state index contributed by atoms with van der Waals surface area (Å²) in [5.41, 5.74) is 1.66. The minimum Gasteiger partial charge on any atom is -0.493 e. The second-order valence-corrected chi connectivity index (χ2v) is 8.28. The Bertz CT molecular complexity index is 830. The smallest absolute Gasteiger partial charge is 0.298 e. The minimum atomic E-state index is 0.0865. The van der Waals surface area contributed by atoms with E-state index in [1.165, 1.54) is 12.8 Å². The molecule has 27 heavy (non-hydrogen) atoms. The highest BCUT2D eigenvalue weighted by Crippen LogP contribution is 2.41. The number of hydrogen-bond acceptors (Lipinski definition) is 6. The molecule has 2 saturated heterocycles. The summed E-state index contributed by atoms with van der Waals surface area (Å²) >= 11 is 0. The third-order valence-corrected chi connectivity index (χ3v) is 5.96. The van der Waals surface area contributed by atoms with E-state index in [0.717, 1.165) is 55.1 Å². The number of ketones is 1. The van der Waals surface area contributed by atoms with E-state index >= 15 is 0 Å². The van der Waals surface area contributed by atoms with Crippen molar-refractivity contribution in [1.29, 1.82) is 0 Å². The van der Waals surface area contributed by atoms with Crippen LogP contribution in [0.1, 0.15) is 45.4 Å². The average molecular weight is 370 g/mol. The Labute approximate surface area is 158 Å². The van der Waals surface area contributed by atoms with E-state index in [1.54, 1.807) is 6.92 Å². The lowest BCUT2D eigenvalue weighted by atomic mass is 10.0. The number of carbonyl (C=O) groups excluding carboxylic acids is 1. The van der Waals surface area contributed by atoms with E-state index in [-0.39, 0.29) is 18.5 Å². The van der Waals surface area contributed by atoms with Crippen molar-refractivity contribution in [3.8, 4) is 5.75 Å². The Morgan fingerprint density at radius 3 is 2.70 bits per heavy atom. The number of piperidine rings is 1. The van der Waals surface area contributed by atoms with Crippen molar-refractivity contribution in [3.05, 3.63) is 18.2 Å². The molecule has 1 aromatic heterocycles. The van der Waals surface area contributed by atoms with Crippen LogP contribution in [0.5, 0.6) is 5.75 Å². The van der Waals surface area contributed by atoms with Crippen LogP contribution in [0.3, 0.4) is 0 Å². The van der Waals surface area contributed by atoms with Gasteiger partial charge in [-0.3, -0.25) is 4.79 Å². The summed E-state index contributed by atoms with van der Waals surface area (Å²) in [7, 11) is 0. The van der Waals surface area contributed by atoms with Crippen LogP contribution in [0.4, 0.5) is 6.01 Å². The molecule has 0 N–H and O–H groups in total. The second-order valence-electron chi connectivity index (χ2n) is 8.28. The number of nitrogens with zero attached hydrogens (tertiary/aromatic N) is 2. The van der Waals surface area contributed by atoms with Gasteiger partial charge < -0.3 is 18.8 Å². The van der Waals surface area contributed by atoms with Crippen LogP contribution < -0.4 is 9.64 Å². The van der Waals surface area contributed by atoms with E-state index in [2.05, 4.69) is 4.90 Å². The Morgan fingerprint density at radius 2 is 2.00 bits per heavy atom. The van der Waals surface area contributed by atoms with Gasteiger partial charge >= 0.3 is 0 Å². The maximum absolute atomic E-state index is 11.2. The summed E-state index contributed by atoms with van der Waals surface area (Å²) in [5, 5.41) is 0. The second kappa shape index (κ2) is 6.82. The van der Waals surface area contributed by atoms with Gasteiger partial charge in [0, 0.05) is 18.2 Å². The number of carbonyl (C=O) groups is 1. The number of anilines is 1. The molecule has 2 aromatic rings. The summed E-state index contributed by atoms with van der Waals surface area (Å²) in [6.45, 7) is 2.59. The van der Waals surface area contributed by atoms with Crippen LogP contribution in [0.15, 0.2) is 22.6 Å². The first-order valence-electron chi connectivity index (χ1n) is 10.1. The topological polar surface area (TPSA) is 64.8 Å². The van der Waals surface area contributed by atoms with E-state index in [0.29, 0.717) is 18.1 Å². The van der Waals surface area contributed by atoms with E-state index < -0.39 is 0 Å². The van der Waals surface area contributed by atoms with Crippen LogP contribution in [-0.2, 0) is 9.53 Å². The SMILES string of the molecule is CC(=O)COC1CC2CCC(C1)N2c1nc2ccc(OCC3CC3)cc2o1. The fourth-order valence-electron chi connectivity index (χ4n) is 4.40. The van der Waals surface area contributed by atoms with Crippen LogP contribution >= 0.6 is 0 Å².